The van der Waals surface area contributed by atoms with Gasteiger partial charge in [0.2, 0.25) is 5.91 Å². The Balaban J connectivity index is 1.28. The molecule has 1 fully saturated rings. The van der Waals surface area contributed by atoms with Gasteiger partial charge < -0.3 is 9.80 Å². The van der Waals surface area contributed by atoms with E-state index in [1.165, 1.54) is 45.8 Å². The molecule has 0 aliphatic carbocycles. The molecule has 1 saturated heterocycles. The summed E-state index contributed by atoms with van der Waals surface area (Å²) in [6.07, 6.45) is 0.957. The first kappa shape index (κ1) is 23.7. The predicted octanol–water partition coefficient (Wildman–Crippen LogP) is 4.52. The lowest BCUT2D eigenvalue weighted by Crippen LogP contribution is -2.57. The maximum absolute atomic E-state index is 13.4. The molecule has 3 aromatic rings. The highest BCUT2D eigenvalue weighted by molar-refractivity contribution is 7.10. The van der Waals surface area contributed by atoms with Crippen molar-refractivity contribution in [1.29, 1.82) is 0 Å². The maximum atomic E-state index is 13.4. The van der Waals surface area contributed by atoms with E-state index < -0.39 is 0 Å². The van der Waals surface area contributed by atoms with Crippen LogP contribution in [0.3, 0.4) is 0 Å². The van der Waals surface area contributed by atoms with Crippen LogP contribution in [0.25, 0.3) is 0 Å². The fourth-order valence-electron chi connectivity index (χ4n) is 5.31. The molecule has 182 valence electrons. The van der Waals surface area contributed by atoms with Gasteiger partial charge in [0.05, 0.1) is 12.6 Å². The van der Waals surface area contributed by atoms with Crippen LogP contribution in [0.5, 0.6) is 0 Å². The Labute approximate surface area is 209 Å². The van der Waals surface area contributed by atoms with E-state index in [-0.39, 0.29) is 29.7 Å². The summed E-state index contributed by atoms with van der Waals surface area (Å²) >= 11 is 1.80. The van der Waals surface area contributed by atoms with Crippen molar-refractivity contribution in [2.45, 2.75) is 32.4 Å². The van der Waals surface area contributed by atoms with Crippen LogP contribution in [0.15, 0.2) is 60.0 Å². The number of fused-ring (bicyclic) bond motifs is 1. The van der Waals surface area contributed by atoms with Gasteiger partial charge in [0.1, 0.15) is 5.82 Å². The number of halogens is 1. The average molecular weight is 492 g/mol. The number of hydrogen-bond acceptors (Lipinski definition) is 4. The zero-order valence-corrected chi connectivity index (χ0v) is 20.9. The van der Waals surface area contributed by atoms with Crippen molar-refractivity contribution in [2.75, 3.05) is 32.7 Å². The molecule has 2 aliphatic rings. The normalized spacial score (nSPS) is 20.5. The van der Waals surface area contributed by atoms with Crippen LogP contribution >= 0.6 is 11.3 Å². The van der Waals surface area contributed by atoms with Crippen molar-refractivity contribution in [1.82, 2.24) is 14.7 Å². The standard InChI is InChI=1S/C28H30FN3O2S/c1-19-5-3-4-6-23(19)27-24-12-16-35-25(24)11-13-31(27)18-26(33)30-14-15-32(20(2)17-30)28(34)21-7-9-22(29)10-8-21/h3-10,12,16,20,27H,11,13-15,17-18H2,1-2H3. The van der Waals surface area contributed by atoms with Crippen LogP contribution < -0.4 is 0 Å². The average Bonchev–Trinajstić information content (AvgIpc) is 3.33. The summed E-state index contributed by atoms with van der Waals surface area (Å²) in [5, 5.41) is 2.15. The molecule has 2 amide bonds. The van der Waals surface area contributed by atoms with E-state index >= 15 is 0 Å². The Bertz CT molecular complexity index is 1220. The molecule has 0 radical (unpaired) electrons. The summed E-state index contributed by atoms with van der Waals surface area (Å²) in [4.78, 5) is 33.8. The molecule has 0 saturated carbocycles. The van der Waals surface area contributed by atoms with E-state index in [1.54, 1.807) is 16.2 Å². The zero-order valence-electron chi connectivity index (χ0n) is 20.1. The molecule has 35 heavy (non-hydrogen) atoms. The Morgan fingerprint density at radius 1 is 1.00 bits per heavy atom. The third-order valence-electron chi connectivity index (χ3n) is 7.22. The summed E-state index contributed by atoms with van der Waals surface area (Å²) in [6.45, 7) is 6.77. The first-order chi connectivity index (χ1) is 16.9. The molecule has 0 spiro atoms. The molecule has 2 aliphatic heterocycles. The number of thiophene rings is 1. The number of nitrogens with zero attached hydrogens (tertiary/aromatic N) is 3. The number of piperazine rings is 1. The molecule has 0 N–H and O–H groups in total. The minimum Gasteiger partial charge on any atom is -0.338 e. The van der Waals surface area contributed by atoms with Gasteiger partial charge in [0.25, 0.3) is 5.91 Å². The van der Waals surface area contributed by atoms with E-state index in [2.05, 4.69) is 47.5 Å². The highest BCUT2D eigenvalue weighted by Crippen LogP contribution is 2.38. The lowest BCUT2D eigenvalue weighted by molar-refractivity contribution is -0.135. The van der Waals surface area contributed by atoms with E-state index in [1.807, 2.05) is 11.8 Å². The largest absolute Gasteiger partial charge is 0.338 e. The van der Waals surface area contributed by atoms with E-state index in [0.717, 1.165) is 13.0 Å². The predicted molar refractivity (Wildman–Crippen MR) is 136 cm³/mol. The fraction of sp³-hybridized carbons (Fsp3) is 0.357. The van der Waals surface area contributed by atoms with Gasteiger partial charge in [0, 0.05) is 42.7 Å². The smallest absolute Gasteiger partial charge is 0.254 e. The van der Waals surface area contributed by atoms with E-state index in [0.29, 0.717) is 31.7 Å². The van der Waals surface area contributed by atoms with Crippen molar-refractivity contribution < 1.29 is 14.0 Å². The Morgan fingerprint density at radius 2 is 1.77 bits per heavy atom. The van der Waals surface area contributed by atoms with Gasteiger partial charge in [-0.25, -0.2) is 4.39 Å². The van der Waals surface area contributed by atoms with Crippen LogP contribution in [-0.4, -0.2) is 65.3 Å². The minimum absolute atomic E-state index is 0.0777. The summed E-state index contributed by atoms with van der Waals surface area (Å²) in [7, 11) is 0. The second kappa shape index (κ2) is 9.91. The molecule has 0 bridgehead atoms. The van der Waals surface area contributed by atoms with Gasteiger partial charge in [-0.2, -0.15) is 0 Å². The fourth-order valence-corrected chi connectivity index (χ4v) is 6.22. The van der Waals surface area contributed by atoms with Crippen molar-refractivity contribution in [3.63, 3.8) is 0 Å². The van der Waals surface area contributed by atoms with E-state index in [9.17, 15) is 14.0 Å². The zero-order chi connectivity index (χ0) is 24.5. The SMILES string of the molecule is Cc1ccccc1C1c2ccsc2CCN1CC(=O)N1CCN(C(=O)c2ccc(F)cc2)C(C)C1. The maximum Gasteiger partial charge on any atom is 0.254 e. The van der Waals surface area contributed by atoms with Gasteiger partial charge in [-0.3, -0.25) is 14.5 Å². The Kier molecular flexibility index (Phi) is 6.71. The number of carbonyl (C=O) groups is 2. The van der Waals surface area contributed by atoms with Crippen molar-refractivity contribution in [3.8, 4) is 0 Å². The molecule has 5 nitrogen and oxygen atoms in total. The molecule has 2 atom stereocenters. The number of carbonyl (C=O) groups excluding carboxylic acids is 2. The third kappa shape index (κ3) is 4.75. The molecule has 1 aromatic heterocycles. The van der Waals surface area contributed by atoms with Crippen LogP contribution in [0.1, 0.15) is 44.9 Å². The second-order valence-corrected chi connectivity index (χ2v) is 10.5. The number of hydrogen-bond donors (Lipinski definition) is 0. The van der Waals surface area contributed by atoms with Gasteiger partial charge in [0.15, 0.2) is 0 Å². The van der Waals surface area contributed by atoms with E-state index in [4.69, 9.17) is 0 Å². The molecule has 2 unspecified atom stereocenters. The van der Waals surface area contributed by atoms with Crippen molar-refractivity contribution in [2.24, 2.45) is 0 Å². The van der Waals surface area contributed by atoms with Gasteiger partial charge in [-0.15, -0.1) is 11.3 Å². The second-order valence-electron chi connectivity index (χ2n) is 9.47. The minimum atomic E-state index is -0.360. The summed E-state index contributed by atoms with van der Waals surface area (Å²) in [5.41, 5.74) is 4.27. The van der Waals surface area contributed by atoms with Crippen LogP contribution in [0.2, 0.25) is 0 Å². The van der Waals surface area contributed by atoms with Crippen molar-refractivity contribution >= 4 is 23.2 Å². The van der Waals surface area contributed by atoms with Crippen LogP contribution in [0.4, 0.5) is 4.39 Å². The quantitative estimate of drug-likeness (QED) is 0.539. The third-order valence-corrected chi connectivity index (χ3v) is 8.22. The summed E-state index contributed by atoms with van der Waals surface area (Å²) in [5.74, 6) is -0.380. The lowest BCUT2D eigenvalue weighted by atomic mass is 9.90. The number of rotatable bonds is 4. The number of benzene rings is 2. The van der Waals surface area contributed by atoms with Crippen LogP contribution in [0, 0.1) is 12.7 Å². The van der Waals surface area contributed by atoms with Crippen LogP contribution in [-0.2, 0) is 11.2 Å². The van der Waals surface area contributed by atoms with Crippen molar-refractivity contribution in [3.05, 3.63) is 92.9 Å². The van der Waals surface area contributed by atoms with Gasteiger partial charge in [-0.1, -0.05) is 24.3 Å². The lowest BCUT2D eigenvalue weighted by Gasteiger charge is -2.42. The summed E-state index contributed by atoms with van der Waals surface area (Å²) in [6, 6.07) is 16.3. The topological polar surface area (TPSA) is 43.9 Å². The molecular weight excluding hydrogens is 461 g/mol. The molecule has 2 aromatic carbocycles. The van der Waals surface area contributed by atoms with Gasteiger partial charge in [-0.05, 0) is 72.7 Å². The molecule has 5 rings (SSSR count). The van der Waals surface area contributed by atoms with Gasteiger partial charge >= 0.3 is 0 Å². The monoisotopic (exact) mass is 491 g/mol. The first-order valence-corrected chi connectivity index (χ1v) is 13.0. The Morgan fingerprint density at radius 3 is 2.51 bits per heavy atom. The first-order valence-electron chi connectivity index (χ1n) is 12.1. The summed E-state index contributed by atoms with van der Waals surface area (Å²) < 4.78 is 13.3. The highest BCUT2D eigenvalue weighted by atomic mass is 32.1. The number of aryl methyl sites for hydroxylation is 1. The molecule has 3 heterocycles. The molecule has 7 heteroatoms. The molecular formula is C28H30FN3O2S. The highest BCUT2D eigenvalue weighted by Gasteiger charge is 2.35. The number of amides is 2. The Hall–Kier alpha value is -3.03.